The average Bonchev–Trinajstić information content (AvgIpc) is 2.32. The molecule has 0 unspecified atom stereocenters. The molecule has 92 valence electrons. The Morgan fingerprint density at radius 3 is 2.83 bits per heavy atom. The van der Waals surface area contributed by atoms with Crippen molar-refractivity contribution in [2.24, 2.45) is 0 Å². The standard InChI is InChI=1S/C12H9BrClN3O/c13-7-3-9(6-16-5-7)17-12(18)10-4-8(14)1-2-11(10)15/h1-6H,15H2,(H,17,18). The van der Waals surface area contributed by atoms with E-state index in [1.807, 2.05) is 0 Å². The van der Waals surface area contributed by atoms with Crippen LogP contribution in [0.3, 0.4) is 0 Å². The second-order valence-electron chi connectivity index (χ2n) is 3.58. The van der Waals surface area contributed by atoms with Crippen molar-refractivity contribution in [1.29, 1.82) is 0 Å². The molecule has 0 aliphatic carbocycles. The summed E-state index contributed by atoms with van der Waals surface area (Å²) in [6, 6.07) is 6.49. The van der Waals surface area contributed by atoms with Gasteiger partial charge in [-0.1, -0.05) is 11.6 Å². The van der Waals surface area contributed by atoms with Gasteiger partial charge in [0.2, 0.25) is 0 Å². The SMILES string of the molecule is Nc1ccc(Cl)cc1C(=O)Nc1cncc(Br)c1. The van der Waals surface area contributed by atoms with Gasteiger partial charge in [0.05, 0.1) is 17.4 Å². The molecule has 3 N–H and O–H groups in total. The van der Waals surface area contributed by atoms with Crippen LogP contribution in [-0.4, -0.2) is 10.9 Å². The van der Waals surface area contributed by atoms with E-state index in [-0.39, 0.29) is 5.91 Å². The fourth-order valence-electron chi connectivity index (χ4n) is 1.40. The van der Waals surface area contributed by atoms with E-state index in [0.29, 0.717) is 22.0 Å². The van der Waals surface area contributed by atoms with Gasteiger partial charge in [0, 0.05) is 21.4 Å². The molecule has 1 aromatic heterocycles. The minimum atomic E-state index is -0.324. The van der Waals surface area contributed by atoms with Gasteiger partial charge in [-0.25, -0.2) is 0 Å². The second kappa shape index (κ2) is 5.37. The Labute approximate surface area is 117 Å². The third-order valence-electron chi connectivity index (χ3n) is 2.22. The van der Waals surface area contributed by atoms with Gasteiger partial charge in [0.1, 0.15) is 0 Å². The highest BCUT2D eigenvalue weighted by molar-refractivity contribution is 9.10. The summed E-state index contributed by atoms with van der Waals surface area (Å²) < 4.78 is 0.777. The fraction of sp³-hybridized carbons (Fsp3) is 0. The summed E-state index contributed by atoms with van der Waals surface area (Å²) in [6.07, 6.45) is 3.17. The zero-order valence-electron chi connectivity index (χ0n) is 9.15. The summed E-state index contributed by atoms with van der Waals surface area (Å²) in [5.74, 6) is -0.324. The number of benzene rings is 1. The predicted octanol–water partition coefficient (Wildman–Crippen LogP) is 3.33. The Kier molecular flexibility index (Phi) is 3.84. The topological polar surface area (TPSA) is 68.0 Å². The van der Waals surface area contributed by atoms with Gasteiger partial charge in [-0.05, 0) is 40.2 Å². The van der Waals surface area contributed by atoms with E-state index in [4.69, 9.17) is 17.3 Å². The van der Waals surface area contributed by atoms with Gasteiger partial charge >= 0.3 is 0 Å². The summed E-state index contributed by atoms with van der Waals surface area (Å²) in [5.41, 5.74) is 7.02. The van der Waals surface area contributed by atoms with Gasteiger partial charge in [-0.15, -0.1) is 0 Å². The molecule has 0 radical (unpaired) electrons. The van der Waals surface area contributed by atoms with Gasteiger partial charge < -0.3 is 11.1 Å². The number of carbonyl (C=O) groups excluding carboxylic acids is 1. The molecule has 0 spiro atoms. The van der Waals surface area contributed by atoms with E-state index >= 15 is 0 Å². The summed E-state index contributed by atoms with van der Waals surface area (Å²) in [6.45, 7) is 0. The maximum absolute atomic E-state index is 12.0. The molecule has 0 atom stereocenters. The number of anilines is 2. The van der Waals surface area contributed by atoms with Gasteiger partial charge in [0.15, 0.2) is 0 Å². The predicted molar refractivity (Wildman–Crippen MR) is 75.8 cm³/mol. The number of halogens is 2. The number of nitrogens with zero attached hydrogens (tertiary/aromatic N) is 1. The summed E-state index contributed by atoms with van der Waals surface area (Å²) in [7, 11) is 0. The fourth-order valence-corrected chi connectivity index (χ4v) is 1.94. The first-order chi connectivity index (χ1) is 8.56. The quantitative estimate of drug-likeness (QED) is 0.832. The smallest absolute Gasteiger partial charge is 0.257 e. The molecule has 0 saturated carbocycles. The maximum atomic E-state index is 12.0. The number of nitrogen functional groups attached to an aromatic ring is 1. The summed E-state index contributed by atoms with van der Waals surface area (Å²) in [4.78, 5) is 16.0. The normalized spacial score (nSPS) is 10.1. The molecule has 0 bridgehead atoms. The first kappa shape index (κ1) is 12.9. The van der Waals surface area contributed by atoms with Crippen LogP contribution in [0.15, 0.2) is 41.1 Å². The van der Waals surface area contributed by atoms with Crippen molar-refractivity contribution < 1.29 is 4.79 Å². The molecule has 0 saturated heterocycles. The first-order valence-corrected chi connectivity index (χ1v) is 6.20. The number of aromatic nitrogens is 1. The lowest BCUT2D eigenvalue weighted by atomic mass is 10.1. The lowest BCUT2D eigenvalue weighted by molar-refractivity contribution is 0.102. The monoisotopic (exact) mass is 325 g/mol. The zero-order chi connectivity index (χ0) is 13.1. The van der Waals surface area contributed by atoms with Crippen molar-refractivity contribution in [3.8, 4) is 0 Å². The molecule has 18 heavy (non-hydrogen) atoms. The van der Waals surface area contributed by atoms with Crippen LogP contribution in [0.25, 0.3) is 0 Å². The molecule has 0 aliphatic heterocycles. The Bertz CT molecular complexity index is 604. The molecule has 1 heterocycles. The number of hydrogen-bond donors (Lipinski definition) is 2. The lowest BCUT2D eigenvalue weighted by Gasteiger charge is -2.07. The Balaban J connectivity index is 2.24. The first-order valence-electron chi connectivity index (χ1n) is 5.03. The van der Waals surface area contributed by atoms with E-state index in [1.54, 1.807) is 30.6 Å². The molecule has 1 aromatic carbocycles. The maximum Gasteiger partial charge on any atom is 0.257 e. The largest absolute Gasteiger partial charge is 0.398 e. The van der Waals surface area contributed by atoms with Crippen LogP contribution in [0.1, 0.15) is 10.4 Å². The molecule has 0 fully saturated rings. The van der Waals surface area contributed by atoms with Crippen LogP contribution in [0.4, 0.5) is 11.4 Å². The third-order valence-corrected chi connectivity index (χ3v) is 2.89. The van der Waals surface area contributed by atoms with Gasteiger partial charge in [0.25, 0.3) is 5.91 Å². The van der Waals surface area contributed by atoms with Crippen LogP contribution in [0.5, 0.6) is 0 Å². The van der Waals surface area contributed by atoms with Crippen LogP contribution in [0, 0.1) is 0 Å². The molecule has 2 rings (SSSR count). The average molecular weight is 327 g/mol. The minimum absolute atomic E-state index is 0.324. The van der Waals surface area contributed by atoms with Crippen molar-refractivity contribution in [3.63, 3.8) is 0 Å². The van der Waals surface area contributed by atoms with E-state index in [2.05, 4.69) is 26.2 Å². The number of rotatable bonds is 2. The summed E-state index contributed by atoms with van der Waals surface area (Å²) in [5, 5.41) is 3.16. The molecule has 0 aliphatic rings. The van der Waals surface area contributed by atoms with Crippen molar-refractivity contribution in [3.05, 3.63) is 51.7 Å². The van der Waals surface area contributed by atoms with Gasteiger partial charge in [-0.3, -0.25) is 9.78 Å². The van der Waals surface area contributed by atoms with Crippen LogP contribution in [0.2, 0.25) is 5.02 Å². The highest BCUT2D eigenvalue weighted by Gasteiger charge is 2.10. The van der Waals surface area contributed by atoms with Crippen LogP contribution in [-0.2, 0) is 0 Å². The Hall–Kier alpha value is -1.59. The second-order valence-corrected chi connectivity index (χ2v) is 4.93. The molecule has 4 nitrogen and oxygen atoms in total. The van der Waals surface area contributed by atoms with Crippen LogP contribution >= 0.6 is 27.5 Å². The Morgan fingerprint density at radius 1 is 1.33 bits per heavy atom. The van der Waals surface area contributed by atoms with Crippen molar-refractivity contribution in [2.45, 2.75) is 0 Å². The Morgan fingerprint density at radius 2 is 2.11 bits per heavy atom. The van der Waals surface area contributed by atoms with Crippen molar-refractivity contribution in [1.82, 2.24) is 4.98 Å². The molecule has 6 heteroatoms. The highest BCUT2D eigenvalue weighted by atomic mass is 79.9. The number of hydrogen-bond acceptors (Lipinski definition) is 3. The highest BCUT2D eigenvalue weighted by Crippen LogP contribution is 2.20. The van der Waals surface area contributed by atoms with E-state index < -0.39 is 0 Å². The lowest BCUT2D eigenvalue weighted by Crippen LogP contribution is -2.14. The van der Waals surface area contributed by atoms with E-state index in [9.17, 15) is 4.79 Å². The molecular formula is C12H9BrClN3O. The van der Waals surface area contributed by atoms with Gasteiger partial charge in [-0.2, -0.15) is 0 Å². The van der Waals surface area contributed by atoms with Crippen molar-refractivity contribution >= 4 is 44.8 Å². The van der Waals surface area contributed by atoms with Crippen molar-refractivity contribution in [2.75, 3.05) is 11.1 Å². The number of nitrogens with one attached hydrogen (secondary N) is 1. The third kappa shape index (κ3) is 3.00. The number of nitrogens with two attached hydrogens (primary N) is 1. The summed E-state index contributed by atoms with van der Waals surface area (Å²) >= 11 is 9.11. The molecule has 1 amide bonds. The zero-order valence-corrected chi connectivity index (χ0v) is 11.5. The molecule has 2 aromatic rings. The number of carbonyl (C=O) groups is 1. The molecular weight excluding hydrogens is 318 g/mol. The van der Waals surface area contributed by atoms with E-state index in [1.165, 1.54) is 6.07 Å². The van der Waals surface area contributed by atoms with E-state index in [0.717, 1.165) is 4.47 Å². The minimum Gasteiger partial charge on any atom is -0.398 e. The van der Waals surface area contributed by atoms with Crippen LogP contribution < -0.4 is 11.1 Å². The number of pyridine rings is 1. The number of amides is 1.